The first-order chi connectivity index (χ1) is 10.1. The van der Waals surface area contributed by atoms with Gasteiger partial charge in [0.05, 0.1) is 12.1 Å². The van der Waals surface area contributed by atoms with Gasteiger partial charge in [-0.05, 0) is 29.1 Å². The van der Waals surface area contributed by atoms with Gasteiger partial charge in [0, 0.05) is 17.5 Å². The largest absolute Gasteiger partial charge is 0.493 e. The smallest absolute Gasteiger partial charge is 0.180 e. The molecule has 1 aromatic heterocycles. The molecular weight excluding hydrogens is 306 g/mol. The van der Waals surface area contributed by atoms with Crippen LogP contribution in [0.3, 0.4) is 0 Å². The second kappa shape index (κ2) is 7.69. The highest BCUT2D eigenvalue weighted by atomic mass is 35.5. The summed E-state index contributed by atoms with van der Waals surface area (Å²) in [7, 11) is 1.63. The van der Waals surface area contributed by atoms with E-state index in [4.69, 9.17) is 21.1 Å². The first-order valence-corrected chi connectivity index (χ1v) is 8.11. The molecule has 0 amide bonds. The Bertz CT molecular complexity index is 570. The maximum atomic E-state index is 6.34. The summed E-state index contributed by atoms with van der Waals surface area (Å²) in [6.45, 7) is 5.46. The van der Waals surface area contributed by atoms with Gasteiger partial charge in [-0.1, -0.05) is 31.5 Å². The minimum Gasteiger partial charge on any atom is -0.493 e. The maximum Gasteiger partial charge on any atom is 0.180 e. The zero-order valence-electron chi connectivity index (χ0n) is 12.5. The van der Waals surface area contributed by atoms with Gasteiger partial charge in [-0.3, -0.25) is 0 Å². The first kappa shape index (κ1) is 16.1. The van der Waals surface area contributed by atoms with Crippen molar-refractivity contribution in [1.29, 1.82) is 0 Å². The Morgan fingerprint density at radius 1 is 1.33 bits per heavy atom. The lowest BCUT2D eigenvalue weighted by atomic mass is 10.2. The van der Waals surface area contributed by atoms with E-state index in [0.29, 0.717) is 29.2 Å². The molecule has 0 saturated heterocycles. The second-order valence-electron chi connectivity index (χ2n) is 5.01. The van der Waals surface area contributed by atoms with Crippen molar-refractivity contribution < 1.29 is 9.47 Å². The molecule has 0 atom stereocenters. The Labute approximate surface area is 134 Å². The van der Waals surface area contributed by atoms with Crippen molar-refractivity contribution in [3.05, 3.63) is 45.1 Å². The van der Waals surface area contributed by atoms with Gasteiger partial charge in [-0.15, -0.1) is 11.3 Å². The topological polar surface area (TPSA) is 30.5 Å². The van der Waals surface area contributed by atoms with Gasteiger partial charge < -0.3 is 14.8 Å². The SMILES string of the molecule is COc1cc(CNC(C)C)cc(Cl)c1OCc1cccs1. The average Bonchev–Trinajstić information content (AvgIpc) is 2.96. The van der Waals surface area contributed by atoms with E-state index in [1.807, 2.05) is 29.6 Å². The highest BCUT2D eigenvalue weighted by Crippen LogP contribution is 2.37. The average molecular weight is 326 g/mol. The van der Waals surface area contributed by atoms with Crippen molar-refractivity contribution >= 4 is 22.9 Å². The van der Waals surface area contributed by atoms with Gasteiger partial charge in [0.15, 0.2) is 11.5 Å². The van der Waals surface area contributed by atoms with E-state index in [9.17, 15) is 0 Å². The monoisotopic (exact) mass is 325 g/mol. The highest BCUT2D eigenvalue weighted by molar-refractivity contribution is 7.09. The molecule has 0 radical (unpaired) electrons. The predicted molar refractivity (Wildman–Crippen MR) is 88.6 cm³/mol. The van der Waals surface area contributed by atoms with Crippen LogP contribution in [0.25, 0.3) is 0 Å². The summed E-state index contributed by atoms with van der Waals surface area (Å²) >= 11 is 8.00. The van der Waals surface area contributed by atoms with Gasteiger partial charge >= 0.3 is 0 Å². The molecule has 0 bridgehead atoms. The number of nitrogens with one attached hydrogen (secondary N) is 1. The Kier molecular flexibility index (Phi) is 5.91. The normalized spacial score (nSPS) is 10.9. The van der Waals surface area contributed by atoms with Crippen LogP contribution in [0.5, 0.6) is 11.5 Å². The maximum absolute atomic E-state index is 6.34. The summed E-state index contributed by atoms with van der Waals surface area (Å²) in [6, 6.07) is 8.34. The third-order valence-corrected chi connectivity index (χ3v) is 4.07. The molecule has 0 saturated carbocycles. The number of rotatable bonds is 7. The molecule has 0 aliphatic carbocycles. The minimum absolute atomic E-state index is 0.421. The van der Waals surface area contributed by atoms with Crippen molar-refractivity contribution in [1.82, 2.24) is 5.32 Å². The number of halogens is 1. The van der Waals surface area contributed by atoms with Gasteiger partial charge in [-0.25, -0.2) is 0 Å². The number of ether oxygens (including phenoxy) is 2. The Morgan fingerprint density at radius 2 is 2.14 bits per heavy atom. The lowest BCUT2D eigenvalue weighted by Gasteiger charge is -2.15. The van der Waals surface area contributed by atoms with E-state index in [1.54, 1.807) is 18.4 Å². The highest BCUT2D eigenvalue weighted by Gasteiger charge is 2.12. The standard InChI is InChI=1S/C16H20ClNO2S/c1-11(2)18-9-12-7-14(17)16(15(8-12)19-3)20-10-13-5-4-6-21-13/h4-8,11,18H,9-10H2,1-3H3. The molecule has 1 N–H and O–H groups in total. The van der Waals surface area contributed by atoms with Crippen LogP contribution in [-0.2, 0) is 13.2 Å². The van der Waals surface area contributed by atoms with E-state index in [-0.39, 0.29) is 0 Å². The van der Waals surface area contributed by atoms with Crippen molar-refractivity contribution in [2.24, 2.45) is 0 Å². The number of thiophene rings is 1. The van der Waals surface area contributed by atoms with Crippen molar-refractivity contribution in [3.8, 4) is 11.5 Å². The van der Waals surface area contributed by atoms with E-state index in [2.05, 4.69) is 19.2 Å². The zero-order valence-corrected chi connectivity index (χ0v) is 14.1. The summed E-state index contributed by atoms with van der Waals surface area (Å²) in [5.74, 6) is 1.26. The van der Waals surface area contributed by atoms with Crippen molar-refractivity contribution in [2.45, 2.75) is 33.0 Å². The predicted octanol–water partition coefficient (Wildman–Crippen LogP) is 4.49. The Hall–Kier alpha value is -1.23. The van der Waals surface area contributed by atoms with Gasteiger partial charge in [-0.2, -0.15) is 0 Å². The van der Waals surface area contributed by atoms with Crippen molar-refractivity contribution in [2.75, 3.05) is 7.11 Å². The molecule has 0 spiro atoms. The molecule has 3 nitrogen and oxygen atoms in total. The Balaban J connectivity index is 2.12. The van der Waals surface area contributed by atoms with Crippen LogP contribution < -0.4 is 14.8 Å². The number of methoxy groups -OCH3 is 1. The minimum atomic E-state index is 0.421. The fourth-order valence-corrected chi connectivity index (χ4v) is 2.78. The number of hydrogen-bond acceptors (Lipinski definition) is 4. The molecule has 2 rings (SSSR count). The molecule has 1 aromatic carbocycles. The lowest BCUT2D eigenvalue weighted by molar-refractivity contribution is 0.287. The van der Waals surface area contributed by atoms with Crippen LogP contribution in [0, 0.1) is 0 Å². The van der Waals surface area contributed by atoms with Crippen LogP contribution in [0.4, 0.5) is 0 Å². The first-order valence-electron chi connectivity index (χ1n) is 6.85. The van der Waals surface area contributed by atoms with Crippen LogP contribution in [-0.4, -0.2) is 13.2 Å². The third-order valence-electron chi connectivity index (χ3n) is 2.94. The van der Waals surface area contributed by atoms with E-state index < -0.39 is 0 Å². The van der Waals surface area contributed by atoms with E-state index in [0.717, 1.165) is 17.0 Å². The van der Waals surface area contributed by atoms with Crippen molar-refractivity contribution in [3.63, 3.8) is 0 Å². The lowest BCUT2D eigenvalue weighted by Crippen LogP contribution is -2.21. The summed E-state index contributed by atoms with van der Waals surface area (Å²) in [6.07, 6.45) is 0. The molecule has 0 aliphatic rings. The zero-order chi connectivity index (χ0) is 15.2. The molecule has 114 valence electrons. The summed E-state index contributed by atoms with van der Waals surface area (Å²) < 4.78 is 11.2. The van der Waals surface area contributed by atoms with Crippen LogP contribution >= 0.6 is 22.9 Å². The van der Waals surface area contributed by atoms with Gasteiger partial charge in [0.1, 0.15) is 6.61 Å². The Morgan fingerprint density at radius 3 is 2.76 bits per heavy atom. The molecule has 0 aliphatic heterocycles. The van der Waals surface area contributed by atoms with Gasteiger partial charge in [0.25, 0.3) is 0 Å². The molecule has 2 aromatic rings. The molecule has 21 heavy (non-hydrogen) atoms. The van der Waals surface area contributed by atoms with Crippen LogP contribution in [0.15, 0.2) is 29.6 Å². The molecule has 0 unspecified atom stereocenters. The fourth-order valence-electron chi connectivity index (χ4n) is 1.88. The summed E-state index contributed by atoms with van der Waals surface area (Å²) in [5.41, 5.74) is 1.08. The molecular formula is C16H20ClNO2S. The number of hydrogen-bond donors (Lipinski definition) is 1. The fraction of sp³-hybridized carbons (Fsp3) is 0.375. The summed E-state index contributed by atoms with van der Waals surface area (Å²) in [5, 5.41) is 5.96. The summed E-state index contributed by atoms with van der Waals surface area (Å²) in [4.78, 5) is 1.15. The van der Waals surface area contributed by atoms with Crippen LogP contribution in [0.2, 0.25) is 5.02 Å². The van der Waals surface area contributed by atoms with E-state index in [1.165, 1.54) is 0 Å². The third kappa shape index (κ3) is 4.63. The van der Waals surface area contributed by atoms with E-state index >= 15 is 0 Å². The number of benzene rings is 1. The molecule has 5 heteroatoms. The molecule has 0 fully saturated rings. The molecule has 1 heterocycles. The quantitative estimate of drug-likeness (QED) is 0.813. The van der Waals surface area contributed by atoms with Crippen LogP contribution in [0.1, 0.15) is 24.3 Å². The second-order valence-corrected chi connectivity index (χ2v) is 6.45. The van der Waals surface area contributed by atoms with Gasteiger partial charge in [0.2, 0.25) is 0 Å².